The van der Waals surface area contributed by atoms with Gasteiger partial charge in [0.25, 0.3) is 0 Å². The number of aromatic nitrogens is 4. The van der Waals surface area contributed by atoms with Crippen molar-refractivity contribution >= 4 is 0 Å². The van der Waals surface area contributed by atoms with Crippen molar-refractivity contribution in [3.05, 3.63) is 36.4 Å². The average molecular weight is 233 g/mol. The molecule has 0 radical (unpaired) electrons. The number of rotatable bonds is 7. The predicted octanol–water partition coefficient (Wildman–Crippen LogP) is 1.35. The highest BCUT2D eigenvalue weighted by atomic mass is 15.1. The monoisotopic (exact) mass is 233 g/mol. The lowest BCUT2D eigenvalue weighted by molar-refractivity contribution is 0.588. The molecule has 0 atom stereocenters. The zero-order valence-corrected chi connectivity index (χ0v) is 10.2. The van der Waals surface area contributed by atoms with E-state index < -0.39 is 0 Å². The fourth-order valence-electron chi connectivity index (χ4n) is 1.80. The van der Waals surface area contributed by atoms with E-state index in [9.17, 15) is 0 Å². The number of hydrogen-bond donors (Lipinski definition) is 2. The van der Waals surface area contributed by atoms with Gasteiger partial charge in [0.05, 0.1) is 12.9 Å². The maximum atomic E-state index is 4.35. The van der Waals surface area contributed by atoms with Gasteiger partial charge in [0.2, 0.25) is 0 Å². The first-order valence-corrected chi connectivity index (χ1v) is 6.08. The number of imidazole rings is 2. The summed E-state index contributed by atoms with van der Waals surface area (Å²) >= 11 is 0. The molecule has 92 valence electrons. The Hall–Kier alpha value is -1.62. The SMILES string of the molecule is CCCn1ccnc1CNCCc1cnc[nH]1. The number of nitrogens with one attached hydrogen (secondary N) is 2. The first kappa shape index (κ1) is 11.9. The summed E-state index contributed by atoms with van der Waals surface area (Å²) in [6.07, 6.45) is 9.58. The van der Waals surface area contributed by atoms with Gasteiger partial charge in [0.15, 0.2) is 0 Å². The van der Waals surface area contributed by atoms with Crippen LogP contribution in [-0.4, -0.2) is 26.1 Å². The van der Waals surface area contributed by atoms with E-state index in [0.717, 1.165) is 44.0 Å². The molecule has 0 saturated heterocycles. The van der Waals surface area contributed by atoms with Crippen LogP contribution in [-0.2, 0) is 19.5 Å². The van der Waals surface area contributed by atoms with Crippen molar-refractivity contribution in [3.8, 4) is 0 Å². The van der Waals surface area contributed by atoms with Crippen LogP contribution in [0.5, 0.6) is 0 Å². The van der Waals surface area contributed by atoms with Crippen LogP contribution in [0, 0.1) is 0 Å². The number of nitrogens with zero attached hydrogens (tertiary/aromatic N) is 3. The van der Waals surface area contributed by atoms with Crippen molar-refractivity contribution in [2.45, 2.75) is 32.9 Å². The van der Waals surface area contributed by atoms with E-state index in [4.69, 9.17) is 0 Å². The molecule has 17 heavy (non-hydrogen) atoms. The predicted molar refractivity (Wildman–Crippen MR) is 66.5 cm³/mol. The minimum absolute atomic E-state index is 0.821. The zero-order chi connectivity index (χ0) is 11.9. The highest BCUT2D eigenvalue weighted by Crippen LogP contribution is 1.99. The van der Waals surface area contributed by atoms with Gasteiger partial charge < -0.3 is 14.9 Å². The molecule has 2 heterocycles. The molecule has 0 amide bonds. The van der Waals surface area contributed by atoms with Crippen molar-refractivity contribution in [1.29, 1.82) is 0 Å². The van der Waals surface area contributed by atoms with Gasteiger partial charge in [-0.15, -0.1) is 0 Å². The van der Waals surface area contributed by atoms with Gasteiger partial charge in [-0.3, -0.25) is 0 Å². The normalized spacial score (nSPS) is 10.9. The lowest BCUT2D eigenvalue weighted by atomic mass is 10.3. The molecule has 5 nitrogen and oxygen atoms in total. The molecular weight excluding hydrogens is 214 g/mol. The fourth-order valence-corrected chi connectivity index (χ4v) is 1.80. The molecular formula is C12H19N5. The molecule has 0 bridgehead atoms. The third-order valence-electron chi connectivity index (χ3n) is 2.68. The molecule has 0 unspecified atom stereocenters. The largest absolute Gasteiger partial charge is 0.348 e. The standard InChI is InChI=1S/C12H19N5/c1-2-6-17-7-5-15-12(17)9-13-4-3-11-8-14-10-16-11/h5,7-8,10,13H,2-4,6,9H2,1H3,(H,14,16). The molecule has 0 saturated carbocycles. The van der Waals surface area contributed by atoms with Crippen molar-refractivity contribution in [2.75, 3.05) is 6.54 Å². The Bertz CT molecular complexity index is 418. The van der Waals surface area contributed by atoms with Crippen LogP contribution in [0.3, 0.4) is 0 Å². The van der Waals surface area contributed by atoms with Gasteiger partial charge in [-0.25, -0.2) is 9.97 Å². The van der Waals surface area contributed by atoms with E-state index in [1.165, 1.54) is 0 Å². The van der Waals surface area contributed by atoms with Crippen molar-refractivity contribution < 1.29 is 0 Å². The molecule has 0 aliphatic carbocycles. The highest BCUT2D eigenvalue weighted by Gasteiger charge is 2.01. The third kappa shape index (κ3) is 3.42. The van der Waals surface area contributed by atoms with Gasteiger partial charge in [0, 0.05) is 43.8 Å². The Balaban J connectivity index is 1.72. The molecule has 0 aromatic carbocycles. The molecule has 2 aromatic rings. The van der Waals surface area contributed by atoms with Gasteiger partial charge in [-0.2, -0.15) is 0 Å². The Labute approximate surface area is 101 Å². The van der Waals surface area contributed by atoms with Gasteiger partial charge in [-0.1, -0.05) is 6.92 Å². The summed E-state index contributed by atoms with van der Waals surface area (Å²) < 4.78 is 2.20. The minimum atomic E-state index is 0.821. The number of H-pyrrole nitrogens is 1. The molecule has 0 spiro atoms. The van der Waals surface area contributed by atoms with E-state index in [-0.39, 0.29) is 0 Å². The molecule has 0 aliphatic heterocycles. The summed E-state index contributed by atoms with van der Waals surface area (Å²) in [6.45, 7) is 4.97. The molecule has 2 aromatic heterocycles. The first-order valence-electron chi connectivity index (χ1n) is 6.08. The van der Waals surface area contributed by atoms with Crippen LogP contribution in [0.1, 0.15) is 24.9 Å². The highest BCUT2D eigenvalue weighted by molar-refractivity contribution is 4.95. The van der Waals surface area contributed by atoms with Crippen LogP contribution in [0.15, 0.2) is 24.9 Å². The smallest absolute Gasteiger partial charge is 0.122 e. The van der Waals surface area contributed by atoms with Crippen LogP contribution >= 0.6 is 0 Å². The lowest BCUT2D eigenvalue weighted by Gasteiger charge is -2.07. The maximum absolute atomic E-state index is 4.35. The van der Waals surface area contributed by atoms with Gasteiger partial charge in [0.1, 0.15) is 5.82 Å². The van der Waals surface area contributed by atoms with E-state index in [2.05, 4.69) is 31.8 Å². The number of aryl methyl sites for hydroxylation is 1. The Morgan fingerprint density at radius 1 is 1.47 bits per heavy atom. The molecule has 0 aliphatic rings. The second-order valence-electron chi connectivity index (χ2n) is 4.04. The topological polar surface area (TPSA) is 58.5 Å². The maximum Gasteiger partial charge on any atom is 0.122 e. The van der Waals surface area contributed by atoms with E-state index in [1.807, 2.05) is 18.6 Å². The summed E-state index contributed by atoms with van der Waals surface area (Å²) in [5.41, 5.74) is 1.16. The molecule has 5 heteroatoms. The molecule has 0 fully saturated rings. The van der Waals surface area contributed by atoms with Gasteiger partial charge in [-0.05, 0) is 6.42 Å². The summed E-state index contributed by atoms with van der Waals surface area (Å²) in [5.74, 6) is 1.11. The van der Waals surface area contributed by atoms with E-state index in [0.29, 0.717) is 0 Å². The summed E-state index contributed by atoms with van der Waals surface area (Å²) in [7, 11) is 0. The third-order valence-corrected chi connectivity index (χ3v) is 2.68. The number of hydrogen-bond acceptors (Lipinski definition) is 3. The number of aromatic amines is 1. The van der Waals surface area contributed by atoms with Crippen LogP contribution in [0.2, 0.25) is 0 Å². The quantitative estimate of drug-likeness (QED) is 0.710. The van der Waals surface area contributed by atoms with E-state index in [1.54, 1.807) is 6.33 Å². The average Bonchev–Trinajstić information content (AvgIpc) is 2.96. The van der Waals surface area contributed by atoms with Gasteiger partial charge >= 0.3 is 0 Å². The fraction of sp³-hybridized carbons (Fsp3) is 0.500. The summed E-state index contributed by atoms with van der Waals surface area (Å²) in [6, 6.07) is 0. The summed E-state index contributed by atoms with van der Waals surface area (Å²) in [5, 5.41) is 3.39. The van der Waals surface area contributed by atoms with Crippen molar-refractivity contribution in [1.82, 2.24) is 24.8 Å². The Kier molecular flexibility index (Phi) is 4.32. The summed E-state index contributed by atoms with van der Waals surface area (Å²) in [4.78, 5) is 11.4. The second kappa shape index (κ2) is 6.20. The Morgan fingerprint density at radius 3 is 3.18 bits per heavy atom. The minimum Gasteiger partial charge on any atom is -0.348 e. The Morgan fingerprint density at radius 2 is 2.41 bits per heavy atom. The van der Waals surface area contributed by atoms with Crippen LogP contribution in [0.25, 0.3) is 0 Å². The lowest BCUT2D eigenvalue weighted by Crippen LogP contribution is -2.19. The van der Waals surface area contributed by atoms with Crippen LogP contribution < -0.4 is 5.32 Å². The van der Waals surface area contributed by atoms with Crippen LogP contribution in [0.4, 0.5) is 0 Å². The second-order valence-corrected chi connectivity index (χ2v) is 4.04. The first-order chi connectivity index (χ1) is 8.40. The molecule has 2 rings (SSSR count). The zero-order valence-electron chi connectivity index (χ0n) is 10.2. The van der Waals surface area contributed by atoms with Crippen molar-refractivity contribution in [2.24, 2.45) is 0 Å². The van der Waals surface area contributed by atoms with E-state index >= 15 is 0 Å². The van der Waals surface area contributed by atoms with Crippen molar-refractivity contribution in [3.63, 3.8) is 0 Å². The molecule has 2 N–H and O–H groups in total.